The zero-order valence-corrected chi connectivity index (χ0v) is 12.6. The molecule has 3 nitrogen and oxygen atoms in total. The Morgan fingerprint density at radius 2 is 1.84 bits per heavy atom. The van der Waals surface area contributed by atoms with E-state index in [4.69, 9.17) is 0 Å². The average Bonchev–Trinajstić information content (AvgIpc) is 2.37. The standard InChI is InChI=1S/C15H20N2OS/c1-11(17-19(18)15(2,3)4)14-9-12-7-5-6-8-13(12)10-16-14/h5-11,17H,1-4H3. The third-order valence-electron chi connectivity index (χ3n) is 2.94. The van der Waals surface area contributed by atoms with Crippen LogP contribution < -0.4 is 4.72 Å². The second-order valence-electron chi connectivity index (χ2n) is 5.68. The van der Waals surface area contributed by atoms with E-state index in [9.17, 15) is 4.55 Å². The van der Waals surface area contributed by atoms with Gasteiger partial charge in [0, 0.05) is 22.9 Å². The number of rotatable bonds is 3. The molecule has 1 N–H and O–H groups in total. The molecule has 19 heavy (non-hydrogen) atoms. The first-order chi connectivity index (χ1) is 8.88. The van der Waals surface area contributed by atoms with Crippen molar-refractivity contribution >= 4 is 22.1 Å². The summed E-state index contributed by atoms with van der Waals surface area (Å²) in [6.45, 7) is 7.85. The molecule has 0 bridgehead atoms. The van der Waals surface area contributed by atoms with Crippen molar-refractivity contribution in [3.63, 3.8) is 0 Å². The van der Waals surface area contributed by atoms with E-state index in [0.717, 1.165) is 16.5 Å². The molecule has 0 radical (unpaired) electrons. The molecule has 1 heterocycles. The van der Waals surface area contributed by atoms with Gasteiger partial charge in [0.05, 0.1) is 11.7 Å². The van der Waals surface area contributed by atoms with Crippen LogP contribution in [0, 0.1) is 0 Å². The van der Waals surface area contributed by atoms with Crippen LogP contribution in [0.15, 0.2) is 36.5 Å². The highest BCUT2D eigenvalue weighted by molar-refractivity contribution is 7.90. The summed E-state index contributed by atoms with van der Waals surface area (Å²) in [5, 5.41) is 2.28. The fourth-order valence-electron chi connectivity index (χ4n) is 1.74. The molecule has 2 atom stereocenters. The molecule has 2 rings (SSSR count). The van der Waals surface area contributed by atoms with Gasteiger partial charge in [-0.25, -0.2) is 0 Å². The quantitative estimate of drug-likeness (QED) is 0.875. The number of hydrogen-bond acceptors (Lipinski definition) is 3. The Balaban J connectivity index is 2.19. The molecular formula is C15H20N2OS. The van der Waals surface area contributed by atoms with Crippen molar-refractivity contribution in [1.29, 1.82) is 0 Å². The zero-order chi connectivity index (χ0) is 14.0. The van der Waals surface area contributed by atoms with E-state index >= 15 is 0 Å². The van der Waals surface area contributed by atoms with Gasteiger partial charge in [0.2, 0.25) is 0 Å². The topological polar surface area (TPSA) is 48.0 Å². The molecule has 4 heteroatoms. The first kappa shape index (κ1) is 14.3. The Kier molecular flexibility index (Phi) is 4.13. The molecule has 0 saturated heterocycles. The van der Waals surface area contributed by atoms with Crippen molar-refractivity contribution in [1.82, 2.24) is 9.71 Å². The van der Waals surface area contributed by atoms with E-state index in [1.807, 2.05) is 58.2 Å². The van der Waals surface area contributed by atoms with Gasteiger partial charge in [-0.2, -0.15) is 0 Å². The normalized spacial score (nSPS) is 15.4. The molecule has 1 aromatic heterocycles. The molecule has 0 aliphatic carbocycles. The van der Waals surface area contributed by atoms with Gasteiger partial charge in [-0.15, -0.1) is 4.72 Å². The zero-order valence-electron chi connectivity index (χ0n) is 11.8. The van der Waals surface area contributed by atoms with Crippen molar-refractivity contribution in [3.8, 4) is 0 Å². The van der Waals surface area contributed by atoms with E-state index in [-0.39, 0.29) is 10.8 Å². The van der Waals surface area contributed by atoms with Crippen LogP contribution in [0.5, 0.6) is 0 Å². The lowest BCUT2D eigenvalue weighted by molar-refractivity contribution is 0.529. The number of aromatic nitrogens is 1. The number of nitrogens with one attached hydrogen (secondary N) is 1. The minimum Gasteiger partial charge on any atom is -0.598 e. The summed E-state index contributed by atoms with van der Waals surface area (Å²) in [5.41, 5.74) is 0.913. The lowest BCUT2D eigenvalue weighted by atomic mass is 10.1. The van der Waals surface area contributed by atoms with Crippen LogP contribution in [-0.4, -0.2) is 14.3 Å². The molecule has 0 spiro atoms. The molecule has 0 fully saturated rings. The average molecular weight is 276 g/mol. The summed E-state index contributed by atoms with van der Waals surface area (Å²) in [5.74, 6) is 0. The van der Waals surface area contributed by atoms with Gasteiger partial charge in [-0.05, 0) is 39.1 Å². The third kappa shape index (κ3) is 3.47. The first-order valence-corrected chi connectivity index (χ1v) is 7.55. The maximum atomic E-state index is 12.1. The maximum absolute atomic E-state index is 12.1. The molecule has 102 valence electrons. The van der Waals surface area contributed by atoms with Gasteiger partial charge in [0.1, 0.15) is 4.75 Å². The van der Waals surface area contributed by atoms with Crippen LogP contribution >= 0.6 is 0 Å². The summed E-state index contributed by atoms with van der Waals surface area (Å²) in [7, 11) is 0. The summed E-state index contributed by atoms with van der Waals surface area (Å²) >= 11 is -1.09. The highest BCUT2D eigenvalue weighted by Crippen LogP contribution is 2.21. The third-order valence-corrected chi connectivity index (χ3v) is 4.62. The van der Waals surface area contributed by atoms with Crippen molar-refractivity contribution in [2.75, 3.05) is 0 Å². The van der Waals surface area contributed by atoms with Crippen molar-refractivity contribution in [2.24, 2.45) is 0 Å². The minimum absolute atomic E-state index is 0.0373. The van der Waals surface area contributed by atoms with Gasteiger partial charge >= 0.3 is 0 Å². The van der Waals surface area contributed by atoms with Crippen molar-refractivity contribution < 1.29 is 4.55 Å². The predicted molar refractivity (Wildman–Crippen MR) is 81.2 cm³/mol. The van der Waals surface area contributed by atoms with Gasteiger partial charge in [0.15, 0.2) is 0 Å². The molecular weight excluding hydrogens is 256 g/mol. The highest BCUT2D eigenvalue weighted by Gasteiger charge is 2.28. The number of nitrogens with zero attached hydrogens (tertiary/aromatic N) is 1. The molecule has 2 unspecified atom stereocenters. The lowest BCUT2D eigenvalue weighted by Crippen LogP contribution is -2.40. The lowest BCUT2D eigenvalue weighted by Gasteiger charge is -2.26. The number of benzene rings is 1. The summed E-state index contributed by atoms with van der Waals surface area (Å²) in [6.07, 6.45) is 1.86. The van der Waals surface area contributed by atoms with E-state index in [0.29, 0.717) is 0 Å². The molecule has 0 aliphatic heterocycles. The summed E-state index contributed by atoms with van der Waals surface area (Å²) < 4.78 is 14.9. The number of pyridine rings is 1. The largest absolute Gasteiger partial charge is 0.598 e. The summed E-state index contributed by atoms with van der Waals surface area (Å²) in [6, 6.07) is 10.1. The van der Waals surface area contributed by atoms with Crippen molar-refractivity contribution in [3.05, 3.63) is 42.2 Å². The predicted octanol–water partition coefficient (Wildman–Crippen LogP) is 3.35. The number of hydrogen-bond donors (Lipinski definition) is 1. The van der Waals surface area contributed by atoms with Crippen molar-refractivity contribution in [2.45, 2.75) is 38.5 Å². The molecule has 0 saturated carbocycles. The van der Waals surface area contributed by atoms with Gasteiger partial charge < -0.3 is 4.55 Å². The highest BCUT2D eigenvalue weighted by atomic mass is 32.2. The minimum atomic E-state index is -1.09. The fraction of sp³-hybridized carbons (Fsp3) is 0.400. The van der Waals surface area contributed by atoms with Gasteiger partial charge in [-0.1, -0.05) is 24.3 Å². The monoisotopic (exact) mass is 276 g/mol. The molecule has 0 amide bonds. The van der Waals surface area contributed by atoms with Gasteiger partial charge in [-0.3, -0.25) is 4.98 Å². The Morgan fingerprint density at radius 1 is 1.21 bits per heavy atom. The SMILES string of the molecule is CC(N[S+]([O-])C(C)(C)C)c1cc2ccccc2cn1. The Labute approximate surface area is 117 Å². The second-order valence-corrected chi connectivity index (χ2v) is 7.67. The van der Waals surface area contributed by atoms with E-state index in [2.05, 4.69) is 15.8 Å². The first-order valence-electron chi connectivity index (χ1n) is 6.40. The maximum Gasteiger partial charge on any atom is 0.136 e. The fourth-order valence-corrected chi connectivity index (χ4v) is 2.53. The second kappa shape index (κ2) is 5.49. The molecule has 1 aromatic carbocycles. The van der Waals surface area contributed by atoms with Crippen LogP contribution in [0.2, 0.25) is 0 Å². The Morgan fingerprint density at radius 3 is 2.47 bits per heavy atom. The number of fused-ring (bicyclic) bond motifs is 1. The van der Waals surface area contributed by atoms with E-state index in [1.54, 1.807) is 0 Å². The molecule has 0 aliphatic rings. The van der Waals surface area contributed by atoms with Crippen LogP contribution in [0.4, 0.5) is 0 Å². The van der Waals surface area contributed by atoms with Crippen LogP contribution in [0.1, 0.15) is 39.4 Å². The van der Waals surface area contributed by atoms with Crippen LogP contribution in [-0.2, 0) is 11.4 Å². The van der Waals surface area contributed by atoms with Gasteiger partial charge in [0.25, 0.3) is 0 Å². The Bertz CT molecular complexity index is 565. The van der Waals surface area contributed by atoms with E-state index in [1.165, 1.54) is 0 Å². The van der Waals surface area contributed by atoms with Crippen LogP contribution in [0.25, 0.3) is 10.8 Å². The smallest absolute Gasteiger partial charge is 0.136 e. The van der Waals surface area contributed by atoms with E-state index < -0.39 is 11.4 Å². The summed E-state index contributed by atoms with van der Waals surface area (Å²) in [4.78, 5) is 4.44. The Hall–Kier alpha value is -1.10. The molecule has 2 aromatic rings. The van der Waals surface area contributed by atoms with Crippen LogP contribution in [0.3, 0.4) is 0 Å².